The van der Waals surface area contributed by atoms with E-state index in [2.05, 4.69) is 17.2 Å². The number of aromatic nitrogens is 1. The van der Waals surface area contributed by atoms with Crippen LogP contribution in [0.4, 0.5) is 5.13 Å². The molecule has 2 aliphatic carbocycles. The molecule has 1 N–H and O–H groups in total. The van der Waals surface area contributed by atoms with Crippen LogP contribution in [0.15, 0.2) is 0 Å². The van der Waals surface area contributed by atoms with Gasteiger partial charge >= 0.3 is 0 Å². The van der Waals surface area contributed by atoms with E-state index in [1.54, 1.807) is 11.3 Å². The molecule has 0 bridgehead atoms. The van der Waals surface area contributed by atoms with Crippen LogP contribution in [0.5, 0.6) is 0 Å². The zero-order valence-corrected chi connectivity index (χ0v) is 10.3. The number of carbonyl (C=O) groups excluding carboxylic acids is 1. The van der Waals surface area contributed by atoms with Gasteiger partial charge in [0.25, 0.3) is 0 Å². The van der Waals surface area contributed by atoms with Gasteiger partial charge in [0.2, 0.25) is 5.91 Å². The second-order valence-corrected chi connectivity index (χ2v) is 5.99. The highest BCUT2D eigenvalue weighted by Gasteiger charge is 2.39. The van der Waals surface area contributed by atoms with E-state index in [9.17, 15) is 4.79 Å². The van der Waals surface area contributed by atoms with E-state index in [-0.39, 0.29) is 11.8 Å². The number of hydrogen-bond acceptors (Lipinski definition) is 3. The molecule has 1 saturated carbocycles. The molecule has 1 aromatic heterocycles. The molecule has 1 fully saturated rings. The lowest BCUT2D eigenvalue weighted by Gasteiger charge is -2.06. The van der Waals surface area contributed by atoms with E-state index in [0.29, 0.717) is 5.92 Å². The van der Waals surface area contributed by atoms with E-state index in [1.807, 2.05) is 0 Å². The fraction of sp³-hybridized carbons (Fsp3) is 0.667. The van der Waals surface area contributed by atoms with Crippen molar-refractivity contribution in [3.05, 3.63) is 10.6 Å². The highest BCUT2D eigenvalue weighted by atomic mass is 32.1. The first-order valence-corrected chi connectivity index (χ1v) is 6.85. The maximum Gasteiger partial charge on any atom is 0.229 e. The minimum atomic E-state index is 0.165. The van der Waals surface area contributed by atoms with Crippen LogP contribution >= 0.6 is 11.3 Å². The van der Waals surface area contributed by atoms with Crippen molar-refractivity contribution >= 4 is 22.4 Å². The lowest BCUT2D eigenvalue weighted by Crippen LogP contribution is -2.14. The molecule has 0 aliphatic heterocycles. The monoisotopic (exact) mass is 236 g/mol. The molecular formula is C12H16N2OS. The van der Waals surface area contributed by atoms with Gasteiger partial charge in [-0.3, -0.25) is 4.79 Å². The summed E-state index contributed by atoms with van der Waals surface area (Å²) in [6, 6.07) is 0. The number of thiazole rings is 1. The van der Waals surface area contributed by atoms with Crippen LogP contribution in [0.1, 0.15) is 36.8 Å². The summed E-state index contributed by atoms with van der Waals surface area (Å²) < 4.78 is 0. The highest BCUT2D eigenvalue weighted by Crippen LogP contribution is 2.39. The molecule has 3 nitrogen and oxygen atoms in total. The summed E-state index contributed by atoms with van der Waals surface area (Å²) in [4.78, 5) is 17.6. The van der Waals surface area contributed by atoms with Crippen molar-refractivity contribution < 1.29 is 4.79 Å². The molecular weight excluding hydrogens is 220 g/mol. The summed E-state index contributed by atoms with van der Waals surface area (Å²) >= 11 is 1.67. The third-order valence-electron chi connectivity index (χ3n) is 3.52. The maximum atomic E-state index is 11.8. The zero-order chi connectivity index (χ0) is 11.1. The average molecular weight is 236 g/mol. The Hall–Kier alpha value is -0.900. The maximum absolute atomic E-state index is 11.8. The average Bonchev–Trinajstić information content (AvgIpc) is 2.87. The highest BCUT2D eigenvalue weighted by molar-refractivity contribution is 7.15. The summed E-state index contributed by atoms with van der Waals surface area (Å²) in [6.07, 6.45) is 5.77. The van der Waals surface area contributed by atoms with E-state index in [4.69, 9.17) is 0 Å². The summed E-state index contributed by atoms with van der Waals surface area (Å²) in [5.41, 5.74) is 1.22. The number of anilines is 1. The standard InChI is InChI=1S/C12H16N2OS/c1-7-6-8(7)11(15)14-12-13-9-4-2-3-5-10(9)16-12/h7-8H,2-6H2,1H3,(H,13,14,15). The summed E-state index contributed by atoms with van der Waals surface area (Å²) in [5.74, 6) is 0.967. The quantitative estimate of drug-likeness (QED) is 0.857. The third kappa shape index (κ3) is 1.86. The molecule has 0 radical (unpaired) electrons. The molecule has 0 spiro atoms. The van der Waals surface area contributed by atoms with Gasteiger partial charge in [0.1, 0.15) is 0 Å². The molecule has 1 heterocycles. The molecule has 2 unspecified atom stereocenters. The molecule has 0 aromatic carbocycles. The predicted molar refractivity (Wildman–Crippen MR) is 64.7 cm³/mol. The van der Waals surface area contributed by atoms with E-state index < -0.39 is 0 Å². The molecule has 86 valence electrons. The van der Waals surface area contributed by atoms with Crippen molar-refractivity contribution in [3.63, 3.8) is 0 Å². The van der Waals surface area contributed by atoms with Crippen molar-refractivity contribution in [3.8, 4) is 0 Å². The Morgan fingerprint density at radius 1 is 1.44 bits per heavy atom. The van der Waals surface area contributed by atoms with Gasteiger partial charge in [-0.15, -0.1) is 11.3 Å². The predicted octanol–water partition coefficient (Wildman–Crippen LogP) is 2.62. The minimum absolute atomic E-state index is 0.165. The first-order valence-electron chi connectivity index (χ1n) is 6.03. The van der Waals surface area contributed by atoms with Gasteiger partial charge in [-0.1, -0.05) is 6.92 Å². The molecule has 16 heavy (non-hydrogen) atoms. The van der Waals surface area contributed by atoms with Crippen molar-refractivity contribution in [2.24, 2.45) is 11.8 Å². The lowest BCUT2D eigenvalue weighted by molar-refractivity contribution is -0.117. The summed E-state index contributed by atoms with van der Waals surface area (Å²) in [5, 5.41) is 3.78. The van der Waals surface area contributed by atoms with Crippen LogP contribution in [-0.2, 0) is 17.6 Å². The topological polar surface area (TPSA) is 42.0 Å². The van der Waals surface area contributed by atoms with Crippen LogP contribution in [0, 0.1) is 11.8 Å². The molecule has 0 saturated heterocycles. The fourth-order valence-corrected chi connectivity index (χ4v) is 3.34. The lowest BCUT2D eigenvalue weighted by atomic mass is 10.0. The first-order chi connectivity index (χ1) is 7.74. The van der Waals surface area contributed by atoms with E-state index in [1.165, 1.54) is 23.4 Å². The molecule has 2 atom stereocenters. The van der Waals surface area contributed by atoms with Gasteiger partial charge in [0, 0.05) is 10.8 Å². The number of rotatable bonds is 2. The molecule has 3 rings (SSSR count). The normalized spacial score (nSPS) is 27.3. The van der Waals surface area contributed by atoms with Crippen molar-refractivity contribution in [1.82, 2.24) is 4.98 Å². The van der Waals surface area contributed by atoms with Gasteiger partial charge in [-0.05, 0) is 38.0 Å². The Bertz CT molecular complexity index is 403. The first kappa shape index (κ1) is 10.3. The third-order valence-corrected chi connectivity index (χ3v) is 4.59. The number of carbonyl (C=O) groups is 1. The summed E-state index contributed by atoms with van der Waals surface area (Å²) in [6.45, 7) is 2.12. The Morgan fingerprint density at radius 3 is 2.88 bits per heavy atom. The van der Waals surface area contributed by atoms with Crippen molar-refractivity contribution in [1.29, 1.82) is 0 Å². The number of hydrogen-bond donors (Lipinski definition) is 1. The molecule has 1 aromatic rings. The van der Waals surface area contributed by atoms with E-state index in [0.717, 1.165) is 24.4 Å². The Balaban J connectivity index is 1.70. The number of aryl methyl sites for hydroxylation is 2. The number of nitrogens with one attached hydrogen (secondary N) is 1. The smallest absolute Gasteiger partial charge is 0.229 e. The largest absolute Gasteiger partial charge is 0.302 e. The molecule has 4 heteroatoms. The van der Waals surface area contributed by atoms with Gasteiger partial charge < -0.3 is 5.32 Å². The second-order valence-electron chi connectivity index (χ2n) is 4.90. The van der Waals surface area contributed by atoms with Crippen LogP contribution < -0.4 is 5.32 Å². The van der Waals surface area contributed by atoms with E-state index >= 15 is 0 Å². The zero-order valence-electron chi connectivity index (χ0n) is 9.45. The SMILES string of the molecule is CC1CC1C(=O)Nc1nc2c(s1)CCCC2. The Labute approximate surface area is 99.3 Å². The van der Waals surface area contributed by atoms with Crippen LogP contribution in [-0.4, -0.2) is 10.9 Å². The van der Waals surface area contributed by atoms with Crippen molar-refractivity contribution in [2.75, 3.05) is 5.32 Å². The Kier molecular flexibility index (Phi) is 2.46. The molecule has 1 amide bonds. The van der Waals surface area contributed by atoms with Crippen LogP contribution in [0.2, 0.25) is 0 Å². The molecule has 2 aliphatic rings. The van der Waals surface area contributed by atoms with Gasteiger partial charge in [0.15, 0.2) is 5.13 Å². The van der Waals surface area contributed by atoms with Gasteiger partial charge in [-0.2, -0.15) is 0 Å². The fourth-order valence-electron chi connectivity index (χ4n) is 2.29. The second kappa shape index (κ2) is 3.84. The van der Waals surface area contributed by atoms with Gasteiger partial charge in [-0.25, -0.2) is 4.98 Å². The number of amides is 1. The van der Waals surface area contributed by atoms with Crippen LogP contribution in [0.25, 0.3) is 0 Å². The van der Waals surface area contributed by atoms with Crippen molar-refractivity contribution in [2.45, 2.75) is 39.0 Å². The Morgan fingerprint density at radius 2 is 2.19 bits per heavy atom. The number of fused-ring (bicyclic) bond motifs is 1. The number of nitrogens with zero attached hydrogens (tertiary/aromatic N) is 1. The van der Waals surface area contributed by atoms with Crippen LogP contribution in [0.3, 0.4) is 0 Å². The summed E-state index contributed by atoms with van der Waals surface area (Å²) in [7, 11) is 0. The minimum Gasteiger partial charge on any atom is -0.302 e. The van der Waals surface area contributed by atoms with Gasteiger partial charge in [0.05, 0.1) is 5.69 Å².